The van der Waals surface area contributed by atoms with E-state index in [9.17, 15) is 9.90 Å². The van der Waals surface area contributed by atoms with Crippen molar-refractivity contribution in [1.29, 1.82) is 0 Å². The van der Waals surface area contributed by atoms with Gasteiger partial charge in [-0.15, -0.1) is 0 Å². The highest BCUT2D eigenvalue weighted by molar-refractivity contribution is 6.14. The summed E-state index contributed by atoms with van der Waals surface area (Å²) < 4.78 is 5.93. The Bertz CT molecular complexity index is 882. The van der Waals surface area contributed by atoms with Gasteiger partial charge in [-0.1, -0.05) is 13.8 Å². The number of Topliss-reactive ketones (excluding diaryl/α,β-unsaturated/α-hetero) is 1. The van der Waals surface area contributed by atoms with Crippen molar-refractivity contribution in [3.63, 3.8) is 0 Å². The molecule has 5 nitrogen and oxygen atoms in total. The number of phenolic OH excluding ortho intramolecular Hbond substituents is 1. The summed E-state index contributed by atoms with van der Waals surface area (Å²) in [5, 5.41) is 10.5. The first-order valence-corrected chi connectivity index (χ1v) is 9.42. The number of aromatic hydroxyl groups is 1. The Labute approximate surface area is 159 Å². The summed E-state index contributed by atoms with van der Waals surface area (Å²) in [4.78, 5) is 19.1. The summed E-state index contributed by atoms with van der Waals surface area (Å²) >= 11 is 0. The van der Waals surface area contributed by atoms with Crippen LogP contribution < -0.4 is 4.74 Å². The molecule has 2 aliphatic rings. The van der Waals surface area contributed by atoms with E-state index in [2.05, 4.69) is 23.7 Å². The number of rotatable bonds is 3. The third kappa shape index (κ3) is 3.60. The number of aromatic nitrogens is 1. The molecular formula is C22H24N2O3. The van der Waals surface area contributed by atoms with Gasteiger partial charge >= 0.3 is 0 Å². The minimum Gasteiger partial charge on any atom is -0.507 e. The number of likely N-dealkylation sites (tertiary alicyclic amines) is 1. The van der Waals surface area contributed by atoms with Gasteiger partial charge in [0.1, 0.15) is 11.5 Å². The fraction of sp³-hybridized carbons (Fsp3) is 0.364. The van der Waals surface area contributed by atoms with Crippen LogP contribution in [0.1, 0.15) is 41.8 Å². The first-order chi connectivity index (χ1) is 13.0. The highest BCUT2D eigenvalue weighted by Crippen LogP contribution is 2.40. The lowest BCUT2D eigenvalue weighted by atomic mass is 9.91. The van der Waals surface area contributed by atoms with E-state index in [0.717, 1.165) is 18.7 Å². The minimum atomic E-state index is -0.150. The molecule has 1 fully saturated rings. The van der Waals surface area contributed by atoms with E-state index >= 15 is 0 Å². The van der Waals surface area contributed by atoms with Crippen molar-refractivity contribution in [1.82, 2.24) is 9.88 Å². The van der Waals surface area contributed by atoms with Gasteiger partial charge in [-0.3, -0.25) is 14.7 Å². The van der Waals surface area contributed by atoms with Crippen molar-refractivity contribution in [3.05, 3.63) is 59.1 Å². The molecule has 0 saturated carbocycles. The van der Waals surface area contributed by atoms with Crippen LogP contribution in [-0.2, 0) is 6.54 Å². The van der Waals surface area contributed by atoms with Gasteiger partial charge in [0.2, 0.25) is 5.78 Å². The normalized spacial score (nSPS) is 24.1. The van der Waals surface area contributed by atoms with Crippen LogP contribution in [0.2, 0.25) is 0 Å². The second-order valence-electron chi connectivity index (χ2n) is 7.80. The van der Waals surface area contributed by atoms with E-state index in [-0.39, 0.29) is 17.3 Å². The number of hydrogen-bond donors (Lipinski definition) is 1. The molecule has 0 aliphatic carbocycles. The van der Waals surface area contributed by atoms with Crippen molar-refractivity contribution >= 4 is 11.9 Å². The van der Waals surface area contributed by atoms with Crippen LogP contribution in [0.3, 0.4) is 0 Å². The van der Waals surface area contributed by atoms with Crippen molar-refractivity contribution in [3.8, 4) is 11.5 Å². The predicted molar refractivity (Wildman–Crippen MR) is 104 cm³/mol. The number of hydrogen-bond acceptors (Lipinski definition) is 5. The number of allylic oxidation sites excluding steroid dienone is 1. The summed E-state index contributed by atoms with van der Waals surface area (Å²) in [5.41, 5.74) is 2.06. The van der Waals surface area contributed by atoms with Gasteiger partial charge < -0.3 is 9.84 Å². The van der Waals surface area contributed by atoms with Gasteiger partial charge in [0.25, 0.3) is 0 Å². The van der Waals surface area contributed by atoms with E-state index in [1.807, 2.05) is 12.1 Å². The van der Waals surface area contributed by atoms with Gasteiger partial charge in [-0.2, -0.15) is 0 Å². The minimum absolute atomic E-state index is 0.150. The first-order valence-electron chi connectivity index (χ1n) is 9.42. The quantitative estimate of drug-likeness (QED) is 0.838. The average Bonchev–Trinajstić information content (AvgIpc) is 2.94. The van der Waals surface area contributed by atoms with Crippen LogP contribution in [0.4, 0.5) is 0 Å². The zero-order valence-corrected chi connectivity index (χ0v) is 15.7. The number of carbonyl (C=O) groups is 1. The van der Waals surface area contributed by atoms with E-state index in [0.29, 0.717) is 35.3 Å². The molecule has 0 bridgehead atoms. The van der Waals surface area contributed by atoms with Crippen molar-refractivity contribution < 1.29 is 14.6 Å². The zero-order chi connectivity index (χ0) is 19.0. The number of piperidine rings is 1. The van der Waals surface area contributed by atoms with E-state index in [1.165, 1.54) is 6.42 Å². The van der Waals surface area contributed by atoms with Gasteiger partial charge in [0, 0.05) is 32.0 Å². The van der Waals surface area contributed by atoms with Gasteiger partial charge in [0.05, 0.1) is 11.1 Å². The van der Waals surface area contributed by atoms with Gasteiger partial charge in [0.15, 0.2) is 5.76 Å². The Hall–Kier alpha value is -2.66. The third-order valence-corrected chi connectivity index (χ3v) is 5.25. The molecule has 2 aromatic rings. The highest BCUT2D eigenvalue weighted by Gasteiger charge is 2.32. The van der Waals surface area contributed by atoms with E-state index in [4.69, 9.17) is 4.74 Å². The molecule has 1 N–H and O–H groups in total. The number of ketones is 1. The number of ether oxygens (including phenoxy) is 1. The summed E-state index contributed by atoms with van der Waals surface area (Å²) in [6.07, 6.45) is 6.29. The predicted octanol–water partition coefficient (Wildman–Crippen LogP) is 3.88. The molecule has 1 aromatic heterocycles. The molecule has 1 saturated heterocycles. The fourth-order valence-corrected chi connectivity index (χ4v) is 4.21. The summed E-state index contributed by atoms with van der Waals surface area (Å²) in [5.74, 6) is 2.05. The Morgan fingerprint density at radius 2 is 1.89 bits per heavy atom. The van der Waals surface area contributed by atoms with Crippen LogP contribution in [0.25, 0.3) is 6.08 Å². The number of benzene rings is 1. The maximum absolute atomic E-state index is 12.8. The third-order valence-electron chi connectivity index (χ3n) is 5.25. The molecule has 0 radical (unpaired) electrons. The number of carbonyl (C=O) groups excluding carboxylic acids is 1. The fourth-order valence-electron chi connectivity index (χ4n) is 4.21. The Morgan fingerprint density at radius 3 is 2.59 bits per heavy atom. The van der Waals surface area contributed by atoms with Crippen molar-refractivity contribution in [2.24, 2.45) is 11.8 Å². The van der Waals surface area contributed by atoms with Crippen LogP contribution in [0, 0.1) is 11.8 Å². The number of fused-ring (bicyclic) bond motifs is 1. The molecule has 140 valence electrons. The molecule has 2 unspecified atom stereocenters. The topological polar surface area (TPSA) is 62.7 Å². The largest absolute Gasteiger partial charge is 0.507 e. The van der Waals surface area contributed by atoms with E-state index < -0.39 is 0 Å². The second kappa shape index (κ2) is 7.16. The lowest BCUT2D eigenvalue weighted by Gasteiger charge is -2.35. The molecule has 2 atom stereocenters. The van der Waals surface area contributed by atoms with Crippen LogP contribution >= 0.6 is 0 Å². The molecular weight excluding hydrogens is 340 g/mol. The van der Waals surface area contributed by atoms with Crippen LogP contribution in [0.5, 0.6) is 11.5 Å². The van der Waals surface area contributed by atoms with Gasteiger partial charge in [-0.25, -0.2) is 0 Å². The Kier molecular flexibility index (Phi) is 4.70. The number of phenols is 1. The lowest BCUT2D eigenvalue weighted by Crippen LogP contribution is -2.38. The summed E-state index contributed by atoms with van der Waals surface area (Å²) in [7, 11) is 0. The van der Waals surface area contributed by atoms with Crippen LogP contribution in [-0.4, -0.2) is 33.9 Å². The Morgan fingerprint density at radius 1 is 1.19 bits per heavy atom. The lowest BCUT2D eigenvalue weighted by molar-refractivity contribution is 0.101. The number of nitrogens with zero attached hydrogens (tertiary/aromatic N) is 2. The highest BCUT2D eigenvalue weighted by atomic mass is 16.5. The first kappa shape index (κ1) is 17.7. The van der Waals surface area contributed by atoms with Gasteiger partial charge in [-0.05, 0) is 54.2 Å². The number of pyridine rings is 1. The smallest absolute Gasteiger partial charge is 0.231 e. The average molecular weight is 364 g/mol. The maximum atomic E-state index is 12.8. The molecule has 1 aromatic carbocycles. The SMILES string of the molecule is CC1CC(C)CN(Cc2c(O)ccc3c2O/C(=C\c2ccncc2)C3=O)C1. The molecule has 0 amide bonds. The summed E-state index contributed by atoms with van der Waals surface area (Å²) in [6.45, 7) is 7.07. The molecule has 4 rings (SSSR count). The monoisotopic (exact) mass is 364 g/mol. The van der Waals surface area contributed by atoms with Crippen molar-refractivity contribution in [2.75, 3.05) is 13.1 Å². The molecule has 3 heterocycles. The molecule has 0 spiro atoms. The molecule has 27 heavy (non-hydrogen) atoms. The molecule has 2 aliphatic heterocycles. The maximum Gasteiger partial charge on any atom is 0.231 e. The van der Waals surface area contributed by atoms with E-state index in [1.54, 1.807) is 30.6 Å². The summed E-state index contributed by atoms with van der Waals surface area (Å²) in [6, 6.07) is 6.88. The Balaban J connectivity index is 1.64. The van der Waals surface area contributed by atoms with Crippen LogP contribution in [0.15, 0.2) is 42.4 Å². The second-order valence-corrected chi connectivity index (χ2v) is 7.80. The standard InChI is InChI=1S/C22H24N2O3/c1-14-9-15(2)12-24(11-14)13-18-19(25)4-3-17-21(26)20(27-22(17)18)10-16-5-7-23-8-6-16/h3-8,10,14-15,25H,9,11-13H2,1-2H3/b20-10-. The molecule has 5 heteroatoms. The zero-order valence-electron chi connectivity index (χ0n) is 15.7. The van der Waals surface area contributed by atoms with Crippen molar-refractivity contribution in [2.45, 2.75) is 26.8 Å².